The van der Waals surface area contributed by atoms with Crippen molar-refractivity contribution in [2.24, 2.45) is 0 Å². The van der Waals surface area contributed by atoms with Gasteiger partial charge in [0.15, 0.2) is 6.61 Å². The lowest BCUT2D eigenvalue weighted by atomic mass is 10.0. The summed E-state index contributed by atoms with van der Waals surface area (Å²) in [7, 11) is 0. The molecule has 0 aromatic heterocycles. The molecular formula is C26H27F3O5S. The minimum Gasteiger partial charge on any atom is -0.495 e. The van der Waals surface area contributed by atoms with Crippen molar-refractivity contribution < 1.29 is 37.3 Å². The smallest absolute Gasteiger partial charge is 0.412 e. The second-order valence-corrected chi connectivity index (χ2v) is 9.07. The molecular weight excluding hydrogens is 481 g/mol. The summed E-state index contributed by atoms with van der Waals surface area (Å²) in [4.78, 5) is 11.7. The lowest BCUT2D eigenvalue weighted by molar-refractivity contribution is -0.139. The SMILES string of the molecule is Cc1cc(SCC(COC2=CC=C(C(F)(F)F)CC2)OCc2ccccc2)ccc1OCC(=O)O. The van der Waals surface area contributed by atoms with Crippen LogP contribution in [0.15, 0.2) is 76.9 Å². The minimum atomic E-state index is -4.31. The van der Waals surface area contributed by atoms with Gasteiger partial charge in [-0.15, -0.1) is 11.8 Å². The lowest BCUT2D eigenvalue weighted by Gasteiger charge is -2.22. The highest BCUT2D eigenvalue weighted by Gasteiger charge is 2.34. The molecule has 1 aliphatic carbocycles. The van der Waals surface area contributed by atoms with E-state index < -0.39 is 24.3 Å². The van der Waals surface area contributed by atoms with E-state index in [0.29, 0.717) is 23.9 Å². The maximum atomic E-state index is 12.8. The third-order valence-electron chi connectivity index (χ3n) is 5.19. The van der Waals surface area contributed by atoms with E-state index in [-0.39, 0.29) is 25.6 Å². The number of hydrogen-bond donors (Lipinski definition) is 1. The number of aryl methyl sites for hydroxylation is 1. The fourth-order valence-electron chi connectivity index (χ4n) is 3.31. The number of benzene rings is 2. The standard InChI is InChI=1S/C26H27F3O5S/c1-18-13-23(11-12-24(18)34-16-25(30)31)35-17-22(32-14-19-5-3-2-4-6-19)15-33-21-9-7-20(8-10-21)26(27,28)29/h2-7,9,11-13,22H,8,10,14-17H2,1H3,(H,30,31). The third kappa shape index (κ3) is 8.99. The molecule has 188 valence electrons. The van der Waals surface area contributed by atoms with Gasteiger partial charge in [0.05, 0.1) is 12.4 Å². The van der Waals surface area contributed by atoms with Crippen LogP contribution < -0.4 is 4.74 Å². The molecule has 3 rings (SSSR count). The second kappa shape index (κ2) is 12.7. The molecule has 1 N–H and O–H groups in total. The summed E-state index contributed by atoms with van der Waals surface area (Å²) in [6, 6.07) is 15.2. The summed E-state index contributed by atoms with van der Waals surface area (Å²) < 4.78 is 55.7. The van der Waals surface area contributed by atoms with Gasteiger partial charge in [-0.3, -0.25) is 0 Å². The molecule has 5 nitrogen and oxygen atoms in total. The maximum Gasteiger partial charge on any atom is 0.412 e. The molecule has 1 aliphatic rings. The summed E-state index contributed by atoms with van der Waals surface area (Å²) in [5.74, 6) is 0.525. The molecule has 0 spiro atoms. The average molecular weight is 509 g/mol. The van der Waals surface area contributed by atoms with Crippen LogP contribution in [-0.2, 0) is 20.9 Å². The number of allylic oxidation sites excluding steroid dienone is 4. The Morgan fingerprint density at radius 1 is 1.09 bits per heavy atom. The second-order valence-electron chi connectivity index (χ2n) is 7.97. The van der Waals surface area contributed by atoms with Crippen LogP contribution in [0.25, 0.3) is 0 Å². The van der Waals surface area contributed by atoms with Crippen molar-refractivity contribution in [3.63, 3.8) is 0 Å². The first-order chi connectivity index (χ1) is 16.7. The van der Waals surface area contributed by atoms with Gasteiger partial charge in [-0.1, -0.05) is 36.4 Å². The molecule has 1 unspecified atom stereocenters. The monoisotopic (exact) mass is 508 g/mol. The molecule has 0 saturated carbocycles. The first-order valence-corrected chi connectivity index (χ1v) is 12.0. The molecule has 2 aromatic carbocycles. The van der Waals surface area contributed by atoms with Gasteiger partial charge in [0, 0.05) is 22.6 Å². The Morgan fingerprint density at radius 3 is 2.49 bits per heavy atom. The highest BCUT2D eigenvalue weighted by atomic mass is 32.2. The van der Waals surface area contributed by atoms with Crippen molar-refractivity contribution in [2.75, 3.05) is 19.0 Å². The van der Waals surface area contributed by atoms with E-state index in [9.17, 15) is 18.0 Å². The Hall–Kier alpha value is -2.91. The summed E-state index contributed by atoms with van der Waals surface area (Å²) in [5.41, 5.74) is 1.27. The van der Waals surface area contributed by atoms with Crippen LogP contribution in [0.4, 0.5) is 13.2 Å². The molecule has 0 saturated heterocycles. The van der Waals surface area contributed by atoms with E-state index in [2.05, 4.69) is 0 Å². The van der Waals surface area contributed by atoms with Gasteiger partial charge in [0.25, 0.3) is 0 Å². The number of carboxylic acid groups (broad SMARTS) is 1. The fourth-order valence-corrected chi connectivity index (χ4v) is 4.30. The van der Waals surface area contributed by atoms with Crippen LogP contribution in [0, 0.1) is 6.92 Å². The number of alkyl halides is 3. The van der Waals surface area contributed by atoms with Crippen LogP contribution in [-0.4, -0.2) is 42.3 Å². The van der Waals surface area contributed by atoms with E-state index in [1.54, 1.807) is 17.8 Å². The van der Waals surface area contributed by atoms with Gasteiger partial charge < -0.3 is 19.3 Å². The fraction of sp³-hybridized carbons (Fsp3) is 0.346. The predicted octanol–water partition coefficient (Wildman–Crippen LogP) is 6.32. The molecule has 9 heteroatoms. The Bertz CT molecular complexity index is 1050. The summed E-state index contributed by atoms with van der Waals surface area (Å²) in [5, 5.41) is 8.78. The van der Waals surface area contributed by atoms with Crippen LogP contribution >= 0.6 is 11.8 Å². The summed E-state index contributed by atoms with van der Waals surface area (Å²) >= 11 is 1.54. The number of rotatable bonds is 12. The van der Waals surface area contributed by atoms with Crippen molar-refractivity contribution in [1.82, 2.24) is 0 Å². The predicted molar refractivity (Wildman–Crippen MR) is 127 cm³/mol. The van der Waals surface area contributed by atoms with Crippen molar-refractivity contribution >= 4 is 17.7 Å². The molecule has 0 bridgehead atoms. The molecule has 0 aliphatic heterocycles. The number of carboxylic acids is 1. The molecule has 0 fully saturated rings. The van der Waals surface area contributed by atoms with Gasteiger partial charge in [0.2, 0.25) is 0 Å². The Morgan fingerprint density at radius 2 is 1.86 bits per heavy atom. The zero-order valence-electron chi connectivity index (χ0n) is 19.2. The van der Waals surface area contributed by atoms with E-state index >= 15 is 0 Å². The Kier molecular flexibility index (Phi) is 9.68. The number of halogens is 3. The van der Waals surface area contributed by atoms with Crippen molar-refractivity contribution in [2.45, 2.75) is 43.5 Å². The van der Waals surface area contributed by atoms with E-state index in [0.717, 1.165) is 22.1 Å². The molecule has 2 aromatic rings. The largest absolute Gasteiger partial charge is 0.495 e. The first kappa shape index (κ1) is 26.7. The van der Waals surface area contributed by atoms with Crippen LogP contribution in [0.3, 0.4) is 0 Å². The highest BCUT2D eigenvalue weighted by molar-refractivity contribution is 7.99. The summed E-state index contributed by atoms with van der Waals surface area (Å²) in [6.45, 7) is 2.02. The molecule has 35 heavy (non-hydrogen) atoms. The highest BCUT2D eigenvalue weighted by Crippen LogP contribution is 2.33. The first-order valence-electron chi connectivity index (χ1n) is 11.0. The number of ether oxygens (including phenoxy) is 3. The van der Waals surface area contributed by atoms with Crippen molar-refractivity contribution in [1.29, 1.82) is 0 Å². The minimum absolute atomic E-state index is 0.102. The lowest BCUT2D eigenvalue weighted by Crippen LogP contribution is -2.23. The molecule has 1 atom stereocenters. The van der Waals surface area contributed by atoms with Crippen molar-refractivity contribution in [3.05, 3.63) is 83.1 Å². The van der Waals surface area contributed by atoms with Crippen LogP contribution in [0.2, 0.25) is 0 Å². The normalized spacial score (nSPS) is 14.6. The van der Waals surface area contributed by atoms with Crippen molar-refractivity contribution in [3.8, 4) is 5.75 Å². The zero-order chi connectivity index (χ0) is 25.3. The van der Waals surface area contributed by atoms with Crippen LogP contribution in [0.1, 0.15) is 24.0 Å². The molecule has 0 heterocycles. The van der Waals surface area contributed by atoms with Gasteiger partial charge in [-0.2, -0.15) is 13.2 Å². The van der Waals surface area contributed by atoms with Gasteiger partial charge in [0.1, 0.15) is 18.5 Å². The zero-order valence-corrected chi connectivity index (χ0v) is 20.0. The van der Waals surface area contributed by atoms with Gasteiger partial charge in [-0.05, 0) is 48.7 Å². The topological polar surface area (TPSA) is 65.0 Å². The third-order valence-corrected chi connectivity index (χ3v) is 6.32. The molecule has 0 radical (unpaired) electrons. The van der Waals surface area contributed by atoms with E-state index in [4.69, 9.17) is 19.3 Å². The van der Waals surface area contributed by atoms with E-state index in [1.165, 1.54) is 6.08 Å². The van der Waals surface area contributed by atoms with E-state index in [1.807, 2.05) is 49.4 Å². The maximum absolute atomic E-state index is 12.8. The Labute approximate surface area is 206 Å². The number of carbonyl (C=O) groups is 1. The van der Waals surface area contributed by atoms with Gasteiger partial charge >= 0.3 is 12.1 Å². The number of hydrogen-bond acceptors (Lipinski definition) is 5. The van der Waals surface area contributed by atoms with Gasteiger partial charge in [-0.25, -0.2) is 4.79 Å². The number of thioether (sulfide) groups is 1. The van der Waals surface area contributed by atoms with Crippen LogP contribution in [0.5, 0.6) is 5.75 Å². The quantitative estimate of drug-likeness (QED) is 0.339. The summed E-state index contributed by atoms with van der Waals surface area (Å²) in [6.07, 6.45) is -2.07. The Balaban J connectivity index is 1.60. The number of aliphatic carboxylic acids is 1. The molecule has 0 amide bonds. The average Bonchev–Trinajstić information content (AvgIpc) is 2.83.